The van der Waals surface area contributed by atoms with Crippen molar-refractivity contribution in [3.05, 3.63) is 75.5 Å². The number of nitrogens with one attached hydrogen (secondary N) is 1. The molecule has 3 aromatic rings. The quantitative estimate of drug-likeness (QED) is 0.681. The molecular formula is C18H14BrF2N3O. The van der Waals surface area contributed by atoms with E-state index in [2.05, 4.69) is 26.3 Å². The Hall–Kier alpha value is -2.54. The summed E-state index contributed by atoms with van der Waals surface area (Å²) in [6.45, 7) is 3.83. The highest BCUT2D eigenvalue weighted by atomic mass is 79.9. The van der Waals surface area contributed by atoms with Crippen molar-refractivity contribution in [2.75, 3.05) is 5.32 Å². The molecule has 0 saturated carbocycles. The highest BCUT2D eigenvalue weighted by Gasteiger charge is 2.17. The molecule has 1 amide bonds. The maximum absolute atomic E-state index is 13.7. The number of amides is 1. The fourth-order valence-electron chi connectivity index (χ4n) is 2.47. The van der Waals surface area contributed by atoms with Crippen LogP contribution in [0.25, 0.3) is 5.69 Å². The predicted octanol–water partition coefficient (Wildman–Crippen LogP) is 4.78. The number of aryl methyl sites for hydroxylation is 1. The van der Waals surface area contributed by atoms with Crippen LogP contribution in [-0.2, 0) is 0 Å². The lowest BCUT2D eigenvalue weighted by molar-refractivity contribution is 0.101. The van der Waals surface area contributed by atoms with Crippen LogP contribution in [0.3, 0.4) is 0 Å². The Balaban J connectivity index is 1.83. The highest BCUT2D eigenvalue weighted by molar-refractivity contribution is 9.10. The minimum Gasteiger partial charge on any atom is -0.322 e. The van der Waals surface area contributed by atoms with Crippen molar-refractivity contribution in [2.45, 2.75) is 13.8 Å². The minimum absolute atomic E-state index is 0.428. The lowest BCUT2D eigenvalue weighted by Crippen LogP contribution is -2.15. The molecule has 0 unspecified atom stereocenters. The SMILES string of the molecule is Cc1nn(-c2ccc(NC(=O)c3c(F)cccc3F)cc2)c(C)c1Br. The monoisotopic (exact) mass is 405 g/mol. The summed E-state index contributed by atoms with van der Waals surface area (Å²) in [4.78, 5) is 12.1. The molecule has 25 heavy (non-hydrogen) atoms. The first kappa shape index (κ1) is 17.3. The van der Waals surface area contributed by atoms with E-state index in [4.69, 9.17) is 0 Å². The number of nitrogens with zero attached hydrogens (tertiary/aromatic N) is 2. The van der Waals surface area contributed by atoms with E-state index in [0.717, 1.165) is 33.7 Å². The van der Waals surface area contributed by atoms with Gasteiger partial charge >= 0.3 is 0 Å². The molecule has 0 atom stereocenters. The Morgan fingerprint density at radius 2 is 1.68 bits per heavy atom. The Morgan fingerprint density at radius 1 is 1.08 bits per heavy atom. The molecule has 0 aliphatic heterocycles. The third-order valence-corrected chi connectivity index (χ3v) is 4.91. The van der Waals surface area contributed by atoms with Crippen LogP contribution in [0.2, 0.25) is 0 Å². The van der Waals surface area contributed by atoms with Crippen LogP contribution in [0, 0.1) is 25.5 Å². The number of hydrogen-bond donors (Lipinski definition) is 1. The maximum atomic E-state index is 13.7. The van der Waals surface area contributed by atoms with Gasteiger partial charge in [-0.05, 0) is 66.2 Å². The molecule has 0 aliphatic carbocycles. The lowest BCUT2D eigenvalue weighted by atomic mass is 10.1. The van der Waals surface area contributed by atoms with Gasteiger partial charge in [0.15, 0.2) is 0 Å². The third-order valence-electron chi connectivity index (χ3n) is 3.76. The maximum Gasteiger partial charge on any atom is 0.261 e. The molecule has 128 valence electrons. The number of benzene rings is 2. The molecule has 2 aromatic carbocycles. The van der Waals surface area contributed by atoms with Gasteiger partial charge in [-0.3, -0.25) is 4.79 Å². The van der Waals surface area contributed by atoms with Crippen molar-refractivity contribution in [3.8, 4) is 5.69 Å². The number of anilines is 1. The summed E-state index contributed by atoms with van der Waals surface area (Å²) >= 11 is 3.47. The second-order valence-corrected chi connectivity index (χ2v) is 6.29. The average molecular weight is 406 g/mol. The number of rotatable bonds is 3. The molecular weight excluding hydrogens is 392 g/mol. The van der Waals surface area contributed by atoms with E-state index in [1.165, 1.54) is 6.07 Å². The standard InChI is InChI=1S/C18H14BrF2N3O/c1-10-17(19)11(2)24(23-10)13-8-6-12(7-9-13)22-18(25)16-14(20)4-3-5-15(16)21/h3-9H,1-2H3,(H,22,25). The number of aromatic nitrogens is 2. The molecule has 7 heteroatoms. The van der Waals surface area contributed by atoms with Crippen LogP contribution in [-0.4, -0.2) is 15.7 Å². The van der Waals surface area contributed by atoms with Gasteiger partial charge in [0.05, 0.1) is 21.5 Å². The molecule has 0 radical (unpaired) electrons. The zero-order valence-electron chi connectivity index (χ0n) is 13.5. The molecule has 4 nitrogen and oxygen atoms in total. The van der Waals surface area contributed by atoms with Crippen molar-refractivity contribution in [3.63, 3.8) is 0 Å². The molecule has 1 aromatic heterocycles. The van der Waals surface area contributed by atoms with Gasteiger partial charge in [-0.1, -0.05) is 6.07 Å². The number of carbonyl (C=O) groups excluding carboxylic acids is 1. The normalized spacial score (nSPS) is 10.8. The first-order chi connectivity index (χ1) is 11.9. The zero-order chi connectivity index (χ0) is 18.1. The molecule has 0 saturated heterocycles. The fraction of sp³-hybridized carbons (Fsp3) is 0.111. The van der Waals surface area contributed by atoms with E-state index in [-0.39, 0.29) is 0 Å². The summed E-state index contributed by atoms with van der Waals surface area (Å²) in [5.41, 5.74) is 2.44. The van der Waals surface area contributed by atoms with E-state index in [1.807, 2.05) is 13.8 Å². The minimum atomic E-state index is -0.901. The van der Waals surface area contributed by atoms with Gasteiger partial charge in [0.1, 0.15) is 17.2 Å². The molecule has 3 rings (SSSR count). The van der Waals surface area contributed by atoms with Crippen molar-refractivity contribution in [1.82, 2.24) is 9.78 Å². The van der Waals surface area contributed by atoms with Crippen LogP contribution in [0.4, 0.5) is 14.5 Å². The second-order valence-electron chi connectivity index (χ2n) is 5.49. The van der Waals surface area contributed by atoms with Crippen LogP contribution in [0.15, 0.2) is 46.9 Å². The van der Waals surface area contributed by atoms with E-state index in [0.29, 0.717) is 5.69 Å². The number of carbonyl (C=O) groups is 1. The van der Waals surface area contributed by atoms with Crippen molar-refractivity contribution in [1.29, 1.82) is 0 Å². The van der Waals surface area contributed by atoms with Gasteiger partial charge in [0.25, 0.3) is 5.91 Å². The summed E-state index contributed by atoms with van der Waals surface area (Å²) in [6.07, 6.45) is 0. The molecule has 0 fully saturated rings. The largest absolute Gasteiger partial charge is 0.322 e. The Morgan fingerprint density at radius 3 is 2.20 bits per heavy atom. The molecule has 0 aliphatic rings. The summed E-state index contributed by atoms with van der Waals surface area (Å²) < 4.78 is 30.0. The van der Waals surface area contributed by atoms with Crippen molar-refractivity contribution < 1.29 is 13.6 Å². The van der Waals surface area contributed by atoms with E-state index in [9.17, 15) is 13.6 Å². The Bertz CT molecular complexity index is 931. The van der Waals surface area contributed by atoms with Crippen LogP contribution < -0.4 is 5.32 Å². The topological polar surface area (TPSA) is 46.9 Å². The molecule has 0 spiro atoms. The fourth-order valence-corrected chi connectivity index (χ4v) is 2.72. The zero-order valence-corrected chi connectivity index (χ0v) is 15.1. The number of hydrogen-bond acceptors (Lipinski definition) is 2. The molecule has 0 bridgehead atoms. The van der Waals surface area contributed by atoms with Gasteiger partial charge in [0.2, 0.25) is 0 Å². The smallest absolute Gasteiger partial charge is 0.261 e. The van der Waals surface area contributed by atoms with Crippen molar-refractivity contribution >= 4 is 27.5 Å². The third kappa shape index (κ3) is 3.32. The van der Waals surface area contributed by atoms with Gasteiger partial charge < -0.3 is 5.32 Å². The lowest BCUT2D eigenvalue weighted by Gasteiger charge is -2.09. The van der Waals surface area contributed by atoms with E-state index >= 15 is 0 Å². The number of halogens is 3. The summed E-state index contributed by atoms with van der Waals surface area (Å²) in [5.74, 6) is -2.64. The van der Waals surface area contributed by atoms with Gasteiger partial charge in [-0.25, -0.2) is 13.5 Å². The van der Waals surface area contributed by atoms with Crippen molar-refractivity contribution in [2.24, 2.45) is 0 Å². The van der Waals surface area contributed by atoms with E-state index in [1.54, 1.807) is 28.9 Å². The summed E-state index contributed by atoms with van der Waals surface area (Å²) in [6, 6.07) is 10.1. The van der Waals surface area contributed by atoms with E-state index < -0.39 is 23.1 Å². The Labute approximate surface area is 151 Å². The molecule has 1 N–H and O–H groups in total. The van der Waals surface area contributed by atoms with Crippen LogP contribution in [0.5, 0.6) is 0 Å². The van der Waals surface area contributed by atoms with Crippen LogP contribution in [0.1, 0.15) is 21.7 Å². The van der Waals surface area contributed by atoms with Gasteiger partial charge in [0, 0.05) is 5.69 Å². The first-order valence-electron chi connectivity index (χ1n) is 7.46. The summed E-state index contributed by atoms with van der Waals surface area (Å²) in [7, 11) is 0. The molecule has 1 heterocycles. The van der Waals surface area contributed by atoms with Gasteiger partial charge in [-0.15, -0.1) is 0 Å². The van der Waals surface area contributed by atoms with Crippen LogP contribution >= 0.6 is 15.9 Å². The van der Waals surface area contributed by atoms with Gasteiger partial charge in [-0.2, -0.15) is 5.10 Å². The Kier molecular flexibility index (Phi) is 4.67. The second kappa shape index (κ2) is 6.76. The first-order valence-corrected chi connectivity index (χ1v) is 8.25. The predicted molar refractivity (Wildman–Crippen MR) is 95.0 cm³/mol. The summed E-state index contributed by atoms with van der Waals surface area (Å²) in [5, 5.41) is 6.92. The average Bonchev–Trinajstić information content (AvgIpc) is 2.83. The highest BCUT2D eigenvalue weighted by Crippen LogP contribution is 2.24.